The summed E-state index contributed by atoms with van der Waals surface area (Å²) in [5.41, 5.74) is 6.35. The summed E-state index contributed by atoms with van der Waals surface area (Å²) in [5, 5.41) is 3.37. The lowest BCUT2D eigenvalue weighted by Crippen LogP contribution is -2.51. The van der Waals surface area contributed by atoms with Crippen LogP contribution in [0.3, 0.4) is 0 Å². The lowest BCUT2D eigenvalue weighted by atomic mass is 9.65. The molecule has 3 rings (SSSR count). The van der Waals surface area contributed by atoms with Crippen molar-refractivity contribution >= 4 is 30.7 Å². The van der Waals surface area contributed by atoms with Crippen molar-refractivity contribution in [2.75, 3.05) is 14.1 Å². The van der Waals surface area contributed by atoms with E-state index in [1.807, 2.05) is 0 Å². The zero-order valence-electron chi connectivity index (χ0n) is 15.1. The third-order valence-corrected chi connectivity index (χ3v) is 6.51. The van der Waals surface area contributed by atoms with Crippen LogP contribution in [0.25, 0.3) is 0 Å². The van der Waals surface area contributed by atoms with Gasteiger partial charge in [-0.2, -0.15) is 0 Å². The van der Waals surface area contributed by atoms with Gasteiger partial charge in [0, 0.05) is 24.0 Å². The minimum Gasteiger partial charge on any atom is -0.353 e. The third kappa shape index (κ3) is 5.00. The molecule has 4 unspecified atom stereocenters. The van der Waals surface area contributed by atoms with E-state index >= 15 is 0 Å². The summed E-state index contributed by atoms with van der Waals surface area (Å²) in [6.07, 6.45) is 10.6. The summed E-state index contributed by atoms with van der Waals surface area (Å²) in [6, 6.07) is 1.35. The van der Waals surface area contributed by atoms with Gasteiger partial charge in [0.1, 0.15) is 0 Å². The highest BCUT2D eigenvalue weighted by atomic mass is 35.5. The second kappa shape index (κ2) is 9.61. The number of nitrogens with zero attached hydrogens (tertiary/aromatic N) is 1. The molecule has 0 spiro atoms. The SMILES string of the molecule is CN(C)C1CCCC(NC(=O)C2CC3CCCC(C2)C3N)C1.Cl.Cl. The van der Waals surface area contributed by atoms with Crippen LogP contribution in [0.15, 0.2) is 0 Å². The van der Waals surface area contributed by atoms with Crippen LogP contribution in [0, 0.1) is 17.8 Å². The standard InChI is InChI=1S/C18H33N3O.2ClH/c1-21(2)16-8-4-7-15(11-16)20-18(22)14-9-12-5-3-6-13(10-14)17(12)19;;/h12-17H,3-11,19H2,1-2H3,(H,20,22);2*1H. The van der Waals surface area contributed by atoms with E-state index in [9.17, 15) is 4.79 Å². The van der Waals surface area contributed by atoms with Gasteiger partial charge in [0.15, 0.2) is 0 Å². The predicted octanol–water partition coefficient (Wildman–Crippen LogP) is 2.97. The summed E-state index contributed by atoms with van der Waals surface area (Å²) in [6.45, 7) is 0. The maximum absolute atomic E-state index is 12.7. The van der Waals surface area contributed by atoms with E-state index in [-0.39, 0.29) is 30.7 Å². The van der Waals surface area contributed by atoms with Gasteiger partial charge in [-0.15, -0.1) is 24.8 Å². The Morgan fingerprint density at radius 2 is 1.54 bits per heavy atom. The topological polar surface area (TPSA) is 58.4 Å². The van der Waals surface area contributed by atoms with E-state index < -0.39 is 0 Å². The molecule has 0 aromatic rings. The zero-order valence-corrected chi connectivity index (χ0v) is 16.7. The molecule has 3 saturated carbocycles. The molecule has 3 fully saturated rings. The van der Waals surface area contributed by atoms with Crippen LogP contribution in [0.5, 0.6) is 0 Å². The molecule has 0 aromatic carbocycles. The maximum atomic E-state index is 12.7. The average molecular weight is 380 g/mol. The Balaban J connectivity index is 0.00000144. The van der Waals surface area contributed by atoms with Gasteiger partial charge in [-0.3, -0.25) is 4.79 Å². The molecule has 0 heterocycles. The molecule has 142 valence electrons. The van der Waals surface area contributed by atoms with E-state index in [1.54, 1.807) is 0 Å². The summed E-state index contributed by atoms with van der Waals surface area (Å²) in [5.74, 6) is 1.70. The summed E-state index contributed by atoms with van der Waals surface area (Å²) < 4.78 is 0. The molecule has 0 saturated heterocycles. The van der Waals surface area contributed by atoms with Crippen LogP contribution in [-0.2, 0) is 4.79 Å². The Morgan fingerprint density at radius 1 is 0.958 bits per heavy atom. The smallest absolute Gasteiger partial charge is 0.223 e. The first-order valence-corrected chi connectivity index (χ1v) is 9.27. The van der Waals surface area contributed by atoms with Crippen molar-refractivity contribution < 1.29 is 4.79 Å². The van der Waals surface area contributed by atoms with E-state index in [2.05, 4.69) is 24.3 Å². The molecule has 4 atom stereocenters. The lowest BCUT2D eigenvalue weighted by molar-refractivity contribution is -0.129. The molecule has 0 radical (unpaired) electrons. The summed E-state index contributed by atoms with van der Waals surface area (Å²) >= 11 is 0. The van der Waals surface area contributed by atoms with Gasteiger partial charge in [-0.25, -0.2) is 0 Å². The Hall–Kier alpha value is -0.0300. The van der Waals surface area contributed by atoms with Crippen LogP contribution in [0.2, 0.25) is 0 Å². The fraction of sp³-hybridized carbons (Fsp3) is 0.944. The van der Waals surface area contributed by atoms with Gasteiger partial charge in [0.05, 0.1) is 0 Å². The van der Waals surface area contributed by atoms with Crippen molar-refractivity contribution in [2.24, 2.45) is 23.5 Å². The number of nitrogens with two attached hydrogens (primary N) is 1. The van der Waals surface area contributed by atoms with E-state index in [0.717, 1.165) is 25.7 Å². The van der Waals surface area contributed by atoms with Gasteiger partial charge in [0.2, 0.25) is 5.91 Å². The number of halogens is 2. The van der Waals surface area contributed by atoms with Crippen LogP contribution < -0.4 is 11.1 Å². The van der Waals surface area contributed by atoms with Gasteiger partial charge < -0.3 is 16.0 Å². The first kappa shape index (κ1) is 22.0. The molecule has 3 aliphatic rings. The minimum atomic E-state index is 0. The molecule has 4 nitrogen and oxygen atoms in total. The molecular formula is C18H35Cl2N3O. The number of hydrogen-bond donors (Lipinski definition) is 2. The van der Waals surface area contributed by atoms with Crippen molar-refractivity contribution in [3.8, 4) is 0 Å². The number of amides is 1. The molecule has 3 N–H and O–H groups in total. The second-order valence-electron chi connectivity index (χ2n) is 8.19. The Bertz CT molecular complexity index is 394. The van der Waals surface area contributed by atoms with E-state index in [4.69, 9.17) is 5.73 Å². The van der Waals surface area contributed by atoms with Crippen LogP contribution in [0.1, 0.15) is 57.8 Å². The molecule has 2 bridgehead atoms. The predicted molar refractivity (Wildman–Crippen MR) is 104 cm³/mol. The van der Waals surface area contributed by atoms with Crippen LogP contribution in [-0.4, -0.2) is 43.0 Å². The molecule has 24 heavy (non-hydrogen) atoms. The molecule has 0 aromatic heterocycles. The zero-order chi connectivity index (χ0) is 15.7. The van der Waals surface area contributed by atoms with Crippen molar-refractivity contribution in [1.82, 2.24) is 10.2 Å². The van der Waals surface area contributed by atoms with Crippen molar-refractivity contribution in [2.45, 2.75) is 75.9 Å². The largest absolute Gasteiger partial charge is 0.353 e. The quantitative estimate of drug-likeness (QED) is 0.792. The number of carbonyl (C=O) groups is 1. The van der Waals surface area contributed by atoms with Gasteiger partial charge in [-0.05, 0) is 77.3 Å². The van der Waals surface area contributed by atoms with Crippen molar-refractivity contribution in [1.29, 1.82) is 0 Å². The monoisotopic (exact) mass is 379 g/mol. The fourth-order valence-corrected chi connectivity index (χ4v) is 5.09. The number of fused-ring (bicyclic) bond motifs is 2. The average Bonchev–Trinajstić information content (AvgIpc) is 2.47. The first-order valence-electron chi connectivity index (χ1n) is 9.27. The molecule has 6 heteroatoms. The van der Waals surface area contributed by atoms with Crippen molar-refractivity contribution in [3.05, 3.63) is 0 Å². The Labute approximate surface area is 159 Å². The van der Waals surface area contributed by atoms with E-state index in [1.165, 1.54) is 32.1 Å². The van der Waals surface area contributed by atoms with Crippen molar-refractivity contribution in [3.63, 3.8) is 0 Å². The van der Waals surface area contributed by atoms with Crippen LogP contribution >= 0.6 is 24.8 Å². The van der Waals surface area contributed by atoms with Gasteiger partial charge in [0.25, 0.3) is 0 Å². The highest BCUT2D eigenvalue weighted by molar-refractivity contribution is 5.85. The van der Waals surface area contributed by atoms with Gasteiger partial charge >= 0.3 is 0 Å². The fourth-order valence-electron chi connectivity index (χ4n) is 5.09. The highest BCUT2D eigenvalue weighted by Crippen LogP contribution is 2.42. The van der Waals surface area contributed by atoms with E-state index in [0.29, 0.717) is 35.9 Å². The molecular weight excluding hydrogens is 345 g/mol. The maximum Gasteiger partial charge on any atom is 0.223 e. The molecule has 0 aliphatic heterocycles. The summed E-state index contributed by atoms with van der Waals surface area (Å²) in [7, 11) is 4.30. The first-order chi connectivity index (χ1) is 10.5. The minimum absolute atomic E-state index is 0. The lowest BCUT2D eigenvalue weighted by Gasteiger charge is -2.44. The highest BCUT2D eigenvalue weighted by Gasteiger charge is 2.41. The summed E-state index contributed by atoms with van der Waals surface area (Å²) in [4.78, 5) is 15.0. The second-order valence-corrected chi connectivity index (χ2v) is 8.19. The molecule has 1 amide bonds. The third-order valence-electron chi connectivity index (χ3n) is 6.51. The normalized spacial score (nSPS) is 38.7. The number of hydrogen-bond acceptors (Lipinski definition) is 3. The van der Waals surface area contributed by atoms with Crippen LogP contribution in [0.4, 0.5) is 0 Å². The number of nitrogens with one attached hydrogen (secondary N) is 1. The van der Waals surface area contributed by atoms with Gasteiger partial charge in [-0.1, -0.05) is 6.42 Å². The number of carbonyl (C=O) groups excluding carboxylic acids is 1. The molecule has 3 aliphatic carbocycles. The number of rotatable bonds is 3. The Kier molecular flexibility index (Phi) is 8.81. The Morgan fingerprint density at radius 3 is 2.12 bits per heavy atom.